The van der Waals surface area contributed by atoms with Crippen LogP contribution >= 0.6 is 0 Å². The second-order valence-corrected chi connectivity index (χ2v) is 3.84. The van der Waals surface area contributed by atoms with Gasteiger partial charge in [-0.1, -0.05) is 6.07 Å². The van der Waals surface area contributed by atoms with Crippen molar-refractivity contribution in [1.29, 1.82) is 0 Å². The molecule has 96 valence electrons. The number of rotatable bonds is 7. The normalized spacial score (nSPS) is 12.7. The first-order chi connectivity index (χ1) is 8.19. The Balaban J connectivity index is 2.59. The van der Waals surface area contributed by atoms with Gasteiger partial charge >= 0.3 is 0 Å². The van der Waals surface area contributed by atoms with E-state index in [1.165, 1.54) is 12.1 Å². The Kier molecular flexibility index (Phi) is 6.04. The minimum absolute atomic E-state index is 0.139. The van der Waals surface area contributed by atoms with Crippen LogP contribution in [0.5, 0.6) is 0 Å². The lowest BCUT2D eigenvalue weighted by Gasteiger charge is -2.17. The average Bonchev–Trinajstić information content (AvgIpc) is 2.31. The third-order valence-corrected chi connectivity index (χ3v) is 2.55. The number of aliphatic hydroxyl groups is 1. The first-order valence-corrected chi connectivity index (χ1v) is 5.68. The fraction of sp³-hybridized carbons (Fsp3) is 0.500. The SMILES string of the molecule is NCC(NCCCCO)c1ccc(F)cc1F. The lowest BCUT2D eigenvalue weighted by atomic mass is 10.1. The molecular formula is C12H18F2N2O. The van der Waals surface area contributed by atoms with Gasteiger partial charge < -0.3 is 16.2 Å². The van der Waals surface area contributed by atoms with E-state index in [0.717, 1.165) is 12.5 Å². The maximum atomic E-state index is 13.5. The predicted octanol–water partition coefficient (Wildman–Crippen LogP) is 1.33. The highest BCUT2D eigenvalue weighted by Crippen LogP contribution is 2.17. The zero-order valence-corrected chi connectivity index (χ0v) is 9.63. The van der Waals surface area contributed by atoms with E-state index < -0.39 is 11.6 Å². The number of nitrogens with one attached hydrogen (secondary N) is 1. The van der Waals surface area contributed by atoms with E-state index in [1.54, 1.807) is 0 Å². The van der Waals surface area contributed by atoms with E-state index in [4.69, 9.17) is 10.8 Å². The highest BCUT2D eigenvalue weighted by Gasteiger charge is 2.13. The summed E-state index contributed by atoms with van der Waals surface area (Å²) in [4.78, 5) is 0. The van der Waals surface area contributed by atoms with E-state index in [9.17, 15) is 8.78 Å². The summed E-state index contributed by atoms with van der Waals surface area (Å²) < 4.78 is 26.2. The van der Waals surface area contributed by atoms with Crippen LogP contribution in [0.3, 0.4) is 0 Å². The van der Waals surface area contributed by atoms with Crippen molar-refractivity contribution in [1.82, 2.24) is 5.32 Å². The van der Waals surface area contributed by atoms with Crippen molar-refractivity contribution in [3.63, 3.8) is 0 Å². The van der Waals surface area contributed by atoms with Crippen LogP contribution in [0, 0.1) is 11.6 Å². The monoisotopic (exact) mass is 244 g/mol. The Bertz CT molecular complexity index is 347. The van der Waals surface area contributed by atoms with Crippen LogP contribution in [0.25, 0.3) is 0 Å². The van der Waals surface area contributed by atoms with Crippen LogP contribution < -0.4 is 11.1 Å². The summed E-state index contributed by atoms with van der Waals surface area (Å²) in [5.41, 5.74) is 5.93. The third kappa shape index (κ3) is 4.38. The highest BCUT2D eigenvalue weighted by atomic mass is 19.1. The van der Waals surface area contributed by atoms with E-state index >= 15 is 0 Å². The van der Waals surface area contributed by atoms with Gasteiger partial charge in [0.2, 0.25) is 0 Å². The number of halogens is 2. The van der Waals surface area contributed by atoms with E-state index in [1.807, 2.05) is 0 Å². The number of hydrogen-bond donors (Lipinski definition) is 3. The minimum atomic E-state index is -0.595. The highest BCUT2D eigenvalue weighted by molar-refractivity contribution is 5.22. The average molecular weight is 244 g/mol. The van der Waals surface area contributed by atoms with Gasteiger partial charge in [0, 0.05) is 30.8 Å². The van der Waals surface area contributed by atoms with E-state index in [2.05, 4.69) is 5.32 Å². The molecule has 0 spiro atoms. The van der Waals surface area contributed by atoms with Gasteiger partial charge in [0.25, 0.3) is 0 Å². The van der Waals surface area contributed by atoms with Crippen LogP contribution in [0.1, 0.15) is 24.4 Å². The molecule has 0 bridgehead atoms. The van der Waals surface area contributed by atoms with E-state index in [0.29, 0.717) is 18.5 Å². The van der Waals surface area contributed by atoms with Crippen LogP contribution in [-0.4, -0.2) is 24.8 Å². The Labute approximate surface area is 99.6 Å². The van der Waals surface area contributed by atoms with Crippen molar-refractivity contribution in [3.05, 3.63) is 35.4 Å². The first kappa shape index (κ1) is 14.0. The molecule has 0 aromatic heterocycles. The topological polar surface area (TPSA) is 58.3 Å². The Hall–Kier alpha value is -1.04. The van der Waals surface area contributed by atoms with Gasteiger partial charge in [-0.2, -0.15) is 0 Å². The van der Waals surface area contributed by atoms with Crippen molar-refractivity contribution in [2.45, 2.75) is 18.9 Å². The largest absolute Gasteiger partial charge is 0.396 e. The molecule has 1 atom stereocenters. The summed E-state index contributed by atoms with van der Waals surface area (Å²) in [6.07, 6.45) is 1.48. The quantitative estimate of drug-likeness (QED) is 0.634. The number of unbranched alkanes of at least 4 members (excludes halogenated alkanes) is 1. The molecule has 0 amide bonds. The van der Waals surface area contributed by atoms with Gasteiger partial charge in [0.05, 0.1) is 0 Å². The second kappa shape index (κ2) is 7.32. The minimum Gasteiger partial charge on any atom is -0.396 e. The Morgan fingerprint density at radius 2 is 2.06 bits per heavy atom. The molecule has 0 aliphatic heterocycles. The third-order valence-electron chi connectivity index (χ3n) is 2.55. The zero-order chi connectivity index (χ0) is 12.7. The van der Waals surface area contributed by atoms with Gasteiger partial charge in [0.15, 0.2) is 0 Å². The smallest absolute Gasteiger partial charge is 0.130 e. The maximum Gasteiger partial charge on any atom is 0.130 e. The molecule has 4 N–H and O–H groups in total. The van der Waals surface area contributed by atoms with Crippen molar-refractivity contribution < 1.29 is 13.9 Å². The van der Waals surface area contributed by atoms with Crippen molar-refractivity contribution in [3.8, 4) is 0 Å². The summed E-state index contributed by atoms with van der Waals surface area (Å²) in [6.45, 7) is 1.01. The summed E-state index contributed by atoms with van der Waals surface area (Å²) in [7, 11) is 0. The number of aliphatic hydroxyl groups excluding tert-OH is 1. The molecule has 0 saturated carbocycles. The van der Waals surface area contributed by atoms with Crippen LogP contribution in [0.4, 0.5) is 8.78 Å². The molecule has 1 aromatic carbocycles. The number of hydrogen-bond acceptors (Lipinski definition) is 3. The molecule has 0 heterocycles. The molecule has 5 heteroatoms. The van der Waals surface area contributed by atoms with Gasteiger partial charge in [-0.15, -0.1) is 0 Å². The molecule has 0 radical (unpaired) electrons. The van der Waals surface area contributed by atoms with Crippen molar-refractivity contribution >= 4 is 0 Å². The Morgan fingerprint density at radius 3 is 2.65 bits per heavy atom. The molecule has 1 rings (SSSR count). The lowest BCUT2D eigenvalue weighted by Crippen LogP contribution is -2.29. The van der Waals surface area contributed by atoms with Crippen molar-refractivity contribution in [2.24, 2.45) is 5.73 Å². The zero-order valence-electron chi connectivity index (χ0n) is 9.63. The molecule has 17 heavy (non-hydrogen) atoms. The second-order valence-electron chi connectivity index (χ2n) is 3.84. The fourth-order valence-corrected chi connectivity index (χ4v) is 1.62. The van der Waals surface area contributed by atoms with Crippen LogP contribution in [0.15, 0.2) is 18.2 Å². The molecule has 3 nitrogen and oxygen atoms in total. The lowest BCUT2D eigenvalue weighted by molar-refractivity contribution is 0.282. The summed E-state index contributed by atoms with van der Waals surface area (Å²) in [6, 6.07) is 3.15. The first-order valence-electron chi connectivity index (χ1n) is 5.68. The molecule has 1 unspecified atom stereocenters. The molecule has 1 aromatic rings. The summed E-state index contributed by atoms with van der Waals surface area (Å²) >= 11 is 0. The van der Waals surface area contributed by atoms with Gasteiger partial charge in [-0.3, -0.25) is 0 Å². The predicted molar refractivity (Wildman–Crippen MR) is 62.5 cm³/mol. The molecule has 0 saturated heterocycles. The van der Waals surface area contributed by atoms with Gasteiger partial charge in [0.1, 0.15) is 11.6 Å². The standard InChI is InChI=1S/C12H18F2N2O/c13-9-3-4-10(11(14)7-9)12(8-15)16-5-1-2-6-17/h3-4,7,12,16-17H,1-2,5-6,8,15H2. The summed E-state index contributed by atoms with van der Waals surface area (Å²) in [5, 5.41) is 11.7. The Morgan fingerprint density at radius 1 is 1.29 bits per heavy atom. The van der Waals surface area contributed by atoms with Crippen LogP contribution in [0.2, 0.25) is 0 Å². The molecular weight excluding hydrogens is 226 g/mol. The van der Waals surface area contributed by atoms with Gasteiger partial charge in [-0.25, -0.2) is 8.78 Å². The number of nitrogens with two attached hydrogens (primary N) is 1. The summed E-state index contributed by atoms with van der Waals surface area (Å²) in [5.74, 6) is -1.18. The fourth-order valence-electron chi connectivity index (χ4n) is 1.62. The maximum absolute atomic E-state index is 13.5. The molecule has 0 aliphatic carbocycles. The van der Waals surface area contributed by atoms with E-state index in [-0.39, 0.29) is 19.2 Å². The van der Waals surface area contributed by atoms with Crippen molar-refractivity contribution in [2.75, 3.05) is 19.7 Å². The van der Waals surface area contributed by atoms with Crippen LogP contribution in [-0.2, 0) is 0 Å². The number of benzene rings is 1. The molecule has 0 aliphatic rings. The van der Waals surface area contributed by atoms with Gasteiger partial charge in [-0.05, 0) is 25.5 Å². The molecule has 0 fully saturated rings.